The van der Waals surface area contributed by atoms with E-state index in [1.165, 1.54) is 11.6 Å². The Labute approximate surface area is 152 Å². The Morgan fingerprint density at radius 2 is 2.08 bits per heavy atom. The molecule has 3 rings (SSSR count). The van der Waals surface area contributed by atoms with E-state index < -0.39 is 0 Å². The highest BCUT2D eigenvalue weighted by Crippen LogP contribution is 2.38. The largest absolute Gasteiger partial charge is 0.489 e. The topological polar surface area (TPSA) is 47.6 Å². The van der Waals surface area contributed by atoms with Crippen molar-refractivity contribution in [3.05, 3.63) is 58.6 Å². The number of amides is 1. The molecule has 0 aliphatic carbocycles. The minimum atomic E-state index is -0.198. The number of ether oxygens (including phenoxy) is 2. The van der Waals surface area contributed by atoms with Gasteiger partial charge in [0, 0.05) is 18.2 Å². The molecule has 0 radical (unpaired) electrons. The number of carbonyl (C=O) groups is 1. The predicted molar refractivity (Wildman–Crippen MR) is 101 cm³/mol. The van der Waals surface area contributed by atoms with Gasteiger partial charge < -0.3 is 14.8 Å². The van der Waals surface area contributed by atoms with Gasteiger partial charge in [-0.05, 0) is 47.9 Å². The number of hydrogen-bond donors (Lipinski definition) is 1. The first-order valence-electron chi connectivity index (χ1n) is 8.33. The molecule has 1 aliphatic heterocycles. The molecule has 0 atom stereocenters. The van der Waals surface area contributed by atoms with E-state index in [2.05, 4.69) is 12.2 Å². The Hall–Kier alpha value is -2.46. The number of hydrogen-bond acceptors (Lipinski definition) is 3. The molecule has 2 aromatic carbocycles. The molecule has 4 nitrogen and oxygen atoms in total. The summed E-state index contributed by atoms with van der Waals surface area (Å²) in [7, 11) is 0. The minimum absolute atomic E-state index is 0.198. The summed E-state index contributed by atoms with van der Waals surface area (Å²) in [4.78, 5) is 12.1. The van der Waals surface area contributed by atoms with Crippen LogP contribution in [-0.4, -0.2) is 19.1 Å². The van der Waals surface area contributed by atoms with Crippen LogP contribution < -0.4 is 14.8 Å². The third-order valence-corrected chi connectivity index (χ3v) is 4.14. The van der Waals surface area contributed by atoms with Crippen molar-refractivity contribution in [1.82, 2.24) is 0 Å². The number of nitrogens with one attached hydrogen (secondary N) is 1. The molecule has 2 aromatic rings. The summed E-state index contributed by atoms with van der Waals surface area (Å²) in [6.07, 6.45) is 4.93. The van der Waals surface area contributed by atoms with Gasteiger partial charge in [0.05, 0.1) is 18.2 Å². The summed E-state index contributed by atoms with van der Waals surface area (Å²) >= 11 is 6.26. The van der Waals surface area contributed by atoms with Crippen LogP contribution in [0, 0.1) is 0 Å². The Balaban J connectivity index is 1.71. The van der Waals surface area contributed by atoms with E-state index >= 15 is 0 Å². The van der Waals surface area contributed by atoms with Gasteiger partial charge in [-0.25, -0.2) is 0 Å². The Bertz CT molecular complexity index is 802. The molecular weight excluding hydrogens is 338 g/mol. The molecular formula is C20H20ClNO3. The highest BCUT2D eigenvalue weighted by Gasteiger charge is 2.14. The molecule has 0 spiro atoms. The molecule has 0 fully saturated rings. The molecule has 1 amide bonds. The van der Waals surface area contributed by atoms with Crippen molar-refractivity contribution in [2.75, 3.05) is 18.5 Å². The summed E-state index contributed by atoms with van der Waals surface area (Å²) in [6.45, 7) is 3.25. The average Bonchev–Trinajstić information content (AvgIpc) is 2.86. The zero-order valence-electron chi connectivity index (χ0n) is 14.0. The molecule has 0 aromatic heterocycles. The van der Waals surface area contributed by atoms with E-state index in [-0.39, 0.29) is 5.91 Å². The fourth-order valence-electron chi connectivity index (χ4n) is 2.57. The number of carbonyl (C=O) groups excluding carboxylic acids is 1. The first-order chi connectivity index (χ1) is 12.2. The number of halogens is 1. The third kappa shape index (κ3) is 4.54. The highest BCUT2D eigenvalue weighted by molar-refractivity contribution is 6.32. The fraction of sp³-hybridized carbons (Fsp3) is 0.250. The molecule has 1 heterocycles. The highest BCUT2D eigenvalue weighted by atomic mass is 35.5. The molecule has 0 saturated heterocycles. The first kappa shape index (κ1) is 17.4. The van der Waals surface area contributed by atoms with Crippen LogP contribution >= 0.6 is 11.6 Å². The first-order valence-corrected chi connectivity index (χ1v) is 8.70. The van der Waals surface area contributed by atoms with Crippen LogP contribution in [0.1, 0.15) is 24.5 Å². The molecule has 25 heavy (non-hydrogen) atoms. The van der Waals surface area contributed by atoms with E-state index in [4.69, 9.17) is 21.1 Å². The normalized spacial score (nSPS) is 13.5. The van der Waals surface area contributed by atoms with Crippen molar-refractivity contribution in [2.45, 2.75) is 19.8 Å². The lowest BCUT2D eigenvalue weighted by Crippen LogP contribution is -2.07. The minimum Gasteiger partial charge on any atom is -0.489 e. The zero-order valence-corrected chi connectivity index (χ0v) is 14.8. The smallest absolute Gasteiger partial charge is 0.248 e. The summed E-state index contributed by atoms with van der Waals surface area (Å²) in [5, 5.41) is 3.34. The van der Waals surface area contributed by atoms with Gasteiger partial charge in [-0.2, -0.15) is 0 Å². The van der Waals surface area contributed by atoms with E-state index in [1.807, 2.05) is 30.3 Å². The summed E-state index contributed by atoms with van der Waals surface area (Å²) in [6, 6.07) is 11.4. The third-order valence-electron chi connectivity index (χ3n) is 3.85. The standard InChI is InChI=1S/C20H20ClNO3/c1-2-14-5-3-6-16(11-14)22-19(23)8-7-15-12-17(21)20-18(13-15)24-9-4-10-25-20/h3,5-8,11-13H,2,4,9-10H2,1H3,(H,22,23)/b8-7+. The fourth-order valence-corrected chi connectivity index (χ4v) is 2.85. The zero-order chi connectivity index (χ0) is 17.6. The summed E-state index contributed by atoms with van der Waals surface area (Å²) < 4.78 is 11.3. The Morgan fingerprint density at radius 3 is 2.92 bits per heavy atom. The number of rotatable bonds is 4. The van der Waals surface area contributed by atoms with Gasteiger partial charge in [-0.1, -0.05) is 30.7 Å². The summed E-state index contributed by atoms with van der Waals surface area (Å²) in [5.74, 6) is 0.981. The second-order valence-electron chi connectivity index (χ2n) is 5.76. The van der Waals surface area contributed by atoms with E-state index in [0.717, 1.165) is 24.1 Å². The monoisotopic (exact) mass is 357 g/mol. The van der Waals surface area contributed by atoms with Crippen LogP contribution in [0.3, 0.4) is 0 Å². The van der Waals surface area contributed by atoms with Crippen molar-refractivity contribution in [3.63, 3.8) is 0 Å². The van der Waals surface area contributed by atoms with E-state index in [9.17, 15) is 4.79 Å². The van der Waals surface area contributed by atoms with E-state index in [0.29, 0.717) is 29.7 Å². The summed E-state index contributed by atoms with van der Waals surface area (Å²) in [5.41, 5.74) is 2.74. The quantitative estimate of drug-likeness (QED) is 0.806. The lowest BCUT2D eigenvalue weighted by molar-refractivity contribution is -0.111. The number of fused-ring (bicyclic) bond motifs is 1. The van der Waals surface area contributed by atoms with Gasteiger partial charge in [-0.3, -0.25) is 4.79 Å². The van der Waals surface area contributed by atoms with Crippen LogP contribution in [0.4, 0.5) is 5.69 Å². The van der Waals surface area contributed by atoms with Crippen molar-refractivity contribution < 1.29 is 14.3 Å². The number of anilines is 1. The van der Waals surface area contributed by atoms with Gasteiger partial charge in [0.15, 0.2) is 11.5 Å². The molecule has 1 N–H and O–H groups in total. The lowest BCUT2D eigenvalue weighted by Gasteiger charge is -2.10. The second kappa shape index (κ2) is 8.08. The number of aryl methyl sites for hydroxylation is 1. The van der Waals surface area contributed by atoms with Crippen LogP contribution in [0.15, 0.2) is 42.5 Å². The van der Waals surface area contributed by atoms with Crippen molar-refractivity contribution in [2.24, 2.45) is 0 Å². The SMILES string of the molecule is CCc1cccc(NC(=O)/C=C/c2cc(Cl)c3c(c2)OCCCO3)c1. The van der Waals surface area contributed by atoms with Crippen LogP contribution in [0.2, 0.25) is 5.02 Å². The predicted octanol–water partition coefficient (Wildman–Crippen LogP) is 4.72. The van der Waals surface area contributed by atoms with Gasteiger partial charge in [0.25, 0.3) is 0 Å². The van der Waals surface area contributed by atoms with Crippen molar-refractivity contribution in [3.8, 4) is 11.5 Å². The maximum Gasteiger partial charge on any atom is 0.248 e. The molecule has 130 valence electrons. The molecule has 0 bridgehead atoms. The van der Waals surface area contributed by atoms with Gasteiger partial charge >= 0.3 is 0 Å². The Kier molecular flexibility index (Phi) is 5.61. The van der Waals surface area contributed by atoms with Crippen LogP contribution in [0.5, 0.6) is 11.5 Å². The molecule has 0 saturated carbocycles. The van der Waals surface area contributed by atoms with Crippen molar-refractivity contribution in [1.29, 1.82) is 0 Å². The Morgan fingerprint density at radius 1 is 1.24 bits per heavy atom. The van der Waals surface area contributed by atoms with Crippen molar-refractivity contribution >= 4 is 29.3 Å². The van der Waals surface area contributed by atoms with Gasteiger partial charge in [0.1, 0.15) is 0 Å². The lowest BCUT2D eigenvalue weighted by atomic mass is 10.1. The molecule has 5 heteroatoms. The van der Waals surface area contributed by atoms with Crippen LogP contribution in [-0.2, 0) is 11.2 Å². The maximum absolute atomic E-state index is 12.1. The molecule has 0 unspecified atom stereocenters. The molecule has 1 aliphatic rings. The van der Waals surface area contributed by atoms with Gasteiger partial charge in [0.2, 0.25) is 5.91 Å². The van der Waals surface area contributed by atoms with Crippen LogP contribution in [0.25, 0.3) is 6.08 Å². The average molecular weight is 358 g/mol. The number of benzene rings is 2. The second-order valence-corrected chi connectivity index (χ2v) is 6.16. The maximum atomic E-state index is 12.1. The van der Waals surface area contributed by atoms with Gasteiger partial charge in [-0.15, -0.1) is 0 Å². The van der Waals surface area contributed by atoms with E-state index in [1.54, 1.807) is 12.1 Å².